The van der Waals surface area contributed by atoms with Crippen LogP contribution in [0.25, 0.3) is 0 Å². The minimum Gasteiger partial charge on any atom is -0.475 e. The summed E-state index contributed by atoms with van der Waals surface area (Å²) in [6, 6.07) is 5.77. The molecule has 0 bridgehead atoms. The van der Waals surface area contributed by atoms with Crippen molar-refractivity contribution in [1.29, 1.82) is 0 Å². The van der Waals surface area contributed by atoms with Gasteiger partial charge in [-0.15, -0.1) is 0 Å². The first-order valence-corrected chi connectivity index (χ1v) is 8.65. The van der Waals surface area contributed by atoms with Crippen molar-refractivity contribution in [1.82, 2.24) is 9.88 Å². The quantitative estimate of drug-likeness (QED) is 0.646. The molecule has 1 aromatic heterocycles. The SMILES string of the molecule is CN1CC2(CC(Oc3ccccn3)CCO2)C1.O=C(O)C(F)(F)F.O=C(O)C(F)(F)F. The fourth-order valence-corrected chi connectivity index (χ4v) is 2.83. The Balaban J connectivity index is 0.000000288. The van der Waals surface area contributed by atoms with Gasteiger partial charge in [0.25, 0.3) is 0 Å². The third-order valence-electron chi connectivity index (χ3n) is 3.97. The number of carbonyl (C=O) groups is 2. The number of carboxylic acid groups (broad SMARTS) is 2. The monoisotopic (exact) mass is 462 g/mol. The molecular weight excluding hydrogens is 442 g/mol. The van der Waals surface area contributed by atoms with Crippen LogP contribution in [0.2, 0.25) is 0 Å². The number of hydrogen-bond donors (Lipinski definition) is 2. The van der Waals surface area contributed by atoms with Crippen LogP contribution >= 0.6 is 0 Å². The summed E-state index contributed by atoms with van der Waals surface area (Å²) in [6.45, 7) is 2.84. The van der Waals surface area contributed by atoms with E-state index < -0.39 is 24.3 Å². The maximum Gasteiger partial charge on any atom is 0.490 e. The van der Waals surface area contributed by atoms with Gasteiger partial charge in [-0.2, -0.15) is 26.3 Å². The van der Waals surface area contributed by atoms with Gasteiger partial charge in [-0.05, 0) is 13.1 Å². The maximum atomic E-state index is 10.6. The fraction of sp³-hybridized carbons (Fsp3) is 0.588. The largest absolute Gasteiger partial charge is 0.490 e. The molecule has 0 aromatic carbocycles. The van der Waals surface area contributed by atoms with E-state index in [0.29, 0.717) is 0 Å². The topological polar surface area (TPSA) is 109 Å². The number of aromatic nitrogens is 1. The number of nitrogens with zero attached hydrogens (tertiary/aromatic N) is 2. The molecule has 2 saturated heterocycles. The normalized spacial score (nSPS) is 20.3. The average molecular weight is 462 g/mol. The summed E-state index contributed by atoms with van der Waals surface area (Å²) in [4.78, 5) is 24.3. The predicted octanol–water partition coefficient (Wildman–Crippen LogP) is 2.59. The Hall–Kier alpha value is -2.61. The third kappa shape index (κ3) is 9.38. The average Bonchev–Trinajstić information content (AvgIpc) is 2.61. The van der Waals surface area contributed by atoms with Gasteiger partial charge < -0.3 is 24.6 Å². The lowest BCUT2D eigenvalue weighted by molar-refractivity contribution is -0.193. The van der Waals surface area contributed by atoms with Gasteiger partial charge in [-0.1, -0.05) is 6.07 Å². The molecule has 2 fully saturated rings. The molecule has 1 unspecified atom stereocenters. The zero-order valence-electron chi connectivity index (χ0n) is 16.1. The van der Waals surface area contributed by atoms with E-state index in [9.17, 15) is 26.3 Å². The molecule has 0 radical (unpaired) electrons. The van der Waals surface area contributed by atoms with E-state index in [1.54, 1.807) is 6.20 Å². The maximum absolute atomic E-state index is 10.6. The summed E-state index contributed by atoms with van der Waals surface area (Å²) in [5.41, 5.74) is 0.0481. The second-order valence-electron chi connectivity index (χ2n) is 6.71. The molecule has 0 amide bonds. The van der Waals surface area contributed by atoms with Crippen molar-refractivity contribution in [3.8, 4) is 5.88 Å². The highest BCUT2D eigenvalue weighted by Crippen LogP contribution is 2.34. The van der Waals surface area contributed by atoms with Crippen LogP contribution in [-0.2, 0) is 14.3 Å². The molecule has 3 rings (SSSR count). The highest BCUT2D eigenvalue weighted by molar-refractivity contribution is 5.73. The van der Waals surface area contributed by atoms with Crippen LogP contribution in [0.3, 0.4) is 0 Å². The summed E-state index contributed by atoms with van der Waals surface area (Å²) in [5, 5.41) is 14.2. The van der Waals surface area contributed by atoms with Gasteiger partial charge in [-0.3, -0.25) is 0 Å². The van der Waals surface area contributed by atoms with Crippen LogP contribution in [0.5, 0.6) is 5.88 Å². The van der Waals surface area contributed by atoms with Crippen LogP contribution in [0.1, 0.15) is 12.8 Å². The van der Waals surface area contributed by atoms with Gasteiger partial charge in [0.1, 0.15) is 6.10 Å². The summed E-state index contributed by atoms with van der Waals surface area (Å²) in [7, 11) is 2.12. The van der Waals surface area contributed by atoms with Gasteiger partial charge in [-0.25, -0.2) is 14.6 Å². The number of hydrogen-bond acceptors (Lipinski definition) is 6. The smallest absolute Gasteiger partial charge is 0.475 e. The van der Waals surface area contributed by atoms with E-state index in [-0.39, 0.29) is 11.7 Å². The number of carboxylic acids is 2. The van der Waals surface area contributed by atoms with Crippen molar-refractivity contribution < 1.29 is 55.6 Å². The van der Waals surface area contributed by atoms with E-state index in [0.717, 1.165) is 38.4 Å². The van der Waals surface area contributed by atoms with Crippen molar-refractivity contribution in [2.75, 3.05) is 26.7 Å². The van der Waals surface area contributed by atoms with Crippen LogP contribution in [0, 0.1) is 0 Å². The Bertz CT molecular complexity index is 693. The Labute approximate surface area is 172 Å². The second kappa shape index (κ2) is 10.6. The number of aliphatic carboxylic acids is 2. The Kier molecular flexibility index (Phi) is 9.05. The lowest BCUT2D eigenvalue weighted by Gasteiger charge is -2.51. The molecule has 3 heterocycles. The number of halogens is 6. The number of likely N-dealkylation sites (tertiary alicyclic amines) is 1. The molecule has 14 heteroatoms. The highest BCUT2D eigenvalue weighted by atomic mass is 19.4. The van der Waals surface area contributed by atoms with E-state index in [1.807, 2.05) is 18.2 Å². The van der Waals surface area contributed by atoms with Gasteiger partial charge in [0, 0.05) is 38.2 Å². The van der Waals surface area contributed by atoms with E-state index >= 15 is 0 Å². The van der Waals surface area contributed by atoms with E-state index in [4.69, 9.17) is 29.3 Å². The lowest BCUT2D eigenvalue weighted by atomic mass is 9.85. The van der Waals surface area contributed by atoms with Gasteiger partial charge in [0.2, 0.25) is 5.88 Å². The Morgan fingerprint density at radius 3 is 2.03 bits per heavy atom. The zero-order valence-corrected chi connectivity index (χ0v) is 16.1. The molecule has 176 valence electrons. The molecule has 31 heavy (non-hydrogen) atoms. The molecule has 0 aliphatic carbocycles. The first-order valence-electron chi connectivity index (χ1n) is 8.65. The fourth-order valence-electron chi connectivity index (χ4n) is 2.83. The standard InChI is InChI=1S/C13H18N2O2.2C2HF3O2/c1-15-9-13(10-15)8-11(5-7-16-13)17-12-4-2-3-6-14-12;2*3-2(4,5)1(6)7/h2-4,6,11H,5,7-10H2,1H3;2*(H,6,7). The molecule has 1 spiro atoms. The van der Waals surface area contributed by atoms with Crippen molar-refractivity contribution in [2.24, 2.45) is 0 Å². The summed E-state index contributed by atoms with van der Waals surface area (Å²) >= 11 is 0. The van der Waals surface area contributed by atoms with Crippen LogP contribution < -0.4 is 4.74 Å². The predicted molar refractivity (Wildman–Crippen MR) is 91.4 cm³/mol. The second-order valence-corrected chi connectivity index (χ2v) is 6.71. The van der Waals surface area contributed by atoms with Crippen LogP contribution in [0.15, 0.2) is 24.4 Å². The van der Waals surface area contributed by atoms with Gasteiger partial charge >= 0.3 is 24.3 Å². The van der Waals surface area contributed by atoms with Crippen LogP contribution in [-0.4, -0.2) is 82.8 Å². The Morgan fingerprint density at radius 2 is 1.65 bits per heavy atom. The Morgan fingerprint density at radius 1 is 1.13 bits per heavy atom. The molecule has 2 N–H and O–H groups in total. The van der Waals surface area contributed by atoms with Crippen molar-refractivity contribution in [2.45, 2.75) is 36.9 Å². The number of pyridine rings is 1. The summed E-state index contributed by atoms with van der Waals surface area (Å²) in [5.74, 6) is -4.79. The van der Waals surface area contributed by atoms with Crippen molar-refractivity contribution in [3.63, 3.8) is 0 Å². The van der Waals surface area contributed by atoms with Crippen molar-refractivity contribution >= 4 is 11.9 Å². The molecule has 2 aliphatic heterocycles. The van der Waals surface area contributed by atoms with Crippen LogP contribution in [0.4, 0.5) is 26.3 Å². The van der Waals surface area contributed by atoms with Gasteiger partial charge in [0.05, 0.1) is 12.2 Å². The number of rotatable bonds is 2. The minimum atomic E-state index is -5.08. The molecule has 8 nitrogen and oxygen atoms in total. The molecule has 1 aromatic rings. The van der Waals surface area contributed by atoms with E-state index in [1.165, 1.54) is 0 Å². The lowest BCUT2D eigenvalue weighted by Crippen LogP contribution is -2.64. The van der Waals surface area contributed by atoms with Crippen molar-refractivity contribution in [3.05, 3.63) is 24.4 Å². The van der Waals surface area contributed by atoms with Gasteiger partial charge in [0.15, 0.2) is 0 Å². The number of likely N-dealkylation sites (N-methyl/N-ethyl adjacent to an activating group) is 1. The molecule has 2 aliphatic rings. The highest BCUT2D eigenvalue weighted by Gasteiger charge is 2.46. The summed E-state index contributed by atoms with van der Waals surface area (Å²) < 4.78 is 75.3. The first kappa shape index (κ1) is 26.4. The number of alkyl halides is 6. The zero-order chi connectivity index (χ0) is 23.9. The van der Waals surface area contributed by atoms with E-state index in [2.05, 4.69) is 16.9 Å². The number of ether oxygens (including phenoxy) is 2. The molecule has 1 atom stereocenters. The first-order chi connectivity index (χ1) is 14.1. The third-order valence-corrected chi connectivity index (χ3v) is 3.97. The summed E-state index contributed by atoms with van der Waals surface area (Å²) in [6.07, 6.45) is -6.22. The minimum absolute atomic E-state index is 0.0481. The molecule has 0 saturated carbocycles. The molecular formula is C17H20F6N2O6.